The Balaban J connectivity index is 1.39. The highest BCUT2D eigenvalue weighted by molar-refractivity contribution is 6.30. The van der Waals surface area contributed by atoms with Gasteiger partial charge in [-0.2, -0.15) is 0 Å². The molecular formula is C24H19Cl2NO4. The molecule has 3 aromatic rings. The van der Waals surface area contributed by atoms with Crippen LogP contribution in [-0.2, 0) is 11.2 Å². The standard InChI is InChI=1S/C24H19Cl2NO4/c25-17-4-1-15(2-5-17)11-12-27-22(16-3-10-20-21(13-16)30-14-29-20)23(24(27)28)31-19-8-6-18(26)7-9-19/h1-10,13,22-23H,11-12,14H2/t22-,23-/m1/s1. The van der Waals surface area contributed by atoms with Crippen molar-refractivity contribution in [3.05, 3.63) is 87.9 Å². The first-order valence-electron chi connectivity index (χ1n) is 9.95. The number of hydrogen-bond donors (Lipinski definition) is 0. The number of likely N-dealkylation sites (tertiary alicyclic amines) is 1. The van der Waals surface area contributed by atoms with Crippen LogP contribution in [0.15, 0.2) is 66.7 Å². The molecular weight excluding hydrogens is 437 g/mol. The Morgan fingerprint density at radius 2 is 1.58 bits per heavy atom. The SMILES string of the molecule is O=C1[C@H](Oc2ccc(Cl)cc2)[C@@H](c2ccc3c(c2)OCO3)N1CCc1ccc(Cl)cc1. The van der Waals surface area contributed by atoms with Crippen LogP contribution in [0.2, 0.25) is 10.0 Å². The number of β-lactam (4-membered cyclic amide) rings is 1. The minimum Gasteiger partial charge on any atom is -0.478 e. The van der Waals surface area contributed by atoms with E-state index in [0.29, 0.717) is 33.8 Å². The van der Waals surface area contributed by atoms with Gasteiger partial charge in [0.05, 0.1) is 0 Å². The summed E-state index contributed by atoms with van der Waals surface area (Å²) in [5.74, 6) is 1.94. The molecule has 1 saturated heterocycles. The molecule has 0 unspecified atom stereocenters. The van der Waals surface area contributed by atoms with Gasteiger partial charge in [-0.25, -0.2) is 0 Å². The number of ether oxygens (including phenoxy) is 3. The third-order valence-electron chi connectivity index (χ3n) is 5.52. The topological polar surface area (TPSA) is 48.0 Å². The maximum absolute atomic E-state index is 13.0. The fourth-order valence-electron chi connectivity index (χ4n) is 3.89. The van der Waals surface area contributed by atoms with Gasteiger partial charge in [0.15, 0.2) is 11.5 Å². The quantitative estimate of drug-likeness (QED) is 0.473. The van der Waals surface area contributed by atoms with Crippen LogP contribution < -0.4 is 14.2 Å². The highest BCUT2D eigenvalue weighted by Crippen LogP contribution is 2.42. The largest absolute Gasteiger partial charge is 0.478 e. The lowest BCUT2D eigenvalue weighted by atomic mass is 9.89. The first kappa shape index (κ1) is 20.0. The van der Waals surface area contributed by atoms with E-state index in [0.717, 1.165) is 17.5 Å². The molecule has 1 fully saturated rings. The van der Waals surface area contributed by atoms with Crippen molar-refractivity contribution in [1.82, 2.24) is 4.90 Å². The van der Waals surface area contributed by atoms with Crippen LogP contribution in [0.25, 0.3) is 0 Å². The van der Waals surface area contributed by atoms with Gasteiger partial charge in [-0.15, -0.1) is 0 Å². The summed E-state index contributed by atoms with van der Waals surface area (Å²) >= 11 is 12.0. The van der Waals surface area contributed by atoms with Crippen molar-refractivity contribution in [2.75, 3.05) is 13.3 Å². The summed E-state index contributed by atoms with van der Waals surface area (Å²) in [7, 11) is 0. The van der Waals surface area contributed by atoms with Gasteiger partial charge in [0, 0.05) is 16.6 Å². The van der Waals surface area contributed by atoms with Crippen molar-refractivity contribution >= 4 is 29.1 Å². The molecule has 5 rings (SSSR count). The highest BCUT2D eigenvalue weighted by Gasteiger charge is 2.50. The Hall–Kier alpha value is -2.89. The number of carbonyl (C=O) groups excluding carboxylic acids is 1. The van der Waals surface area contributed by atoms with Gasteiger partial charge >= 0.3 is 0 Å². The van der Waals surface area contributed by atoms with Crippen LogP contribution in [0.4, 0.5) is 0 Å². The molecule has 0 bridgehead atoms. The summed E-state index contributed by atoms with van der Waals surface area (Å²) in [6.45, 7) is 0.771. The van der Waals surface area contributed by atoms with Gasteiger partial charge in [0.2, 0.25) is 12.9 Å². The van der Waals surface area contributed by atoms with Gasteiger partial charge in [0.25, 0.3) is 5.91 Å². The van der Waals surface area contributed by atoms with Gasteiger partial charge in [-0.05, 0) is 66.1 Å². The first-order chi connectivity index (χ1) is 15.1. The molecule has 2 aliphatic rings. The summed E-state index contributed by atoms with van der Waals surface area (Å²) in [6.07, 6.45) is 0.101. The Bertz CT molecular complexity index is 1100. The molecule has 2 atom stereocenters. The predicted octanol–water partition coefficient (Wildman–Crippen LogP) is 5.30. The van der Waals surface area contributed by atoms with E-state index in [1.54, 1.807) is 24.3 Å². The fourth-order valence-corrected chi connectivity index (χ4v) is 4.15. The smallest absolute Gasteiger partial charge is 0.266 e. The molecule has 0 aromatic heterocycles. The van der Waals surface area contributed by atoms with E-state index in [2.05, 4.69) is 0 Å². The van der Waals surface area contributed by atoms with Crippen LogP contribution >= 0.6 is 23.2 Å². The average Bonchev–Trinajstić information content (AvgIpc) is 3.25. The Kier molecular flexibility index (Phi) is 5.38. The Labute approximate surface area is 190 Å². The van der Waals surface area contributed by atoms with Crippen molar-refractivity contribution in [1.29, 1.82) is 0 Å². The second-order valence-corrected chi connectivity index (χ2v) is 8.33. The molecule has 7 heteroatoms. The van der Waals surface area contributed by atoms with Crippen molar-refractivity contribution in [3.63, 3.8) is 0 Å². The average molecular weight is 456 g/mol. The third kappa shape index (κ3) is 4.03. The number of rotatable bonds is 6. The molecule has 1 amide bonds. The van der Waals surface area contributed by atoms with E-state index in [1.807, 2.05) is 47.4 Å². The molecule has 158 valence electrons. The van der Waals surface area contributed by atoms with Crippen molar-refractivity contribution < 1.29 is 19.0 Å². The molecule has 3 aromatic carbocycles. The number of amides is 1. The number of carbonyl (C=O) groups is 1. The second kappa shape index (κ2) is 8.33. The lowest BCUT2D eigenvalue weighted by Crippen LogP contribution is -2.61. The molecule has 31 heavy (non-hydrogen) atoms. The number of nitrogens with zero attached hydrogens (tertiary/aromatic N) is 1. The van der Waals surface area contributed by atoms with E-state index in [4.69, 9.17) is 37.4 Å². The number of fused-ring (bicyclic) bond motifs is 1. The van der Waals surface area contributed by atoms with Crippen molar-refractivity contribution in [3.8, 4) is 17.2 Å². The van der Waals surface area contributed by atoms with Gasteiger partial charge in [-0.1, -0.05) is 41.4 Å². The zero-order chi connectivity index (χ0) is 21.4. The molecule has 0 saturated carbocycles. The van der Waals surface area contributed by atoms with Gasteiger partial charge in [0.1, 0.15) is 11.8 Å². The van der Waals surface area contributed by atoms with Crippen molar-refractivity contribution in [2.45, 2.75) is 18.6 Å². The van der Waals surface area contributed by atoms with Gasteiger partial charge in [-0.3, -0.25) is 4.79 Å². The Morgan fingerprint density at radius 3 is 2.32 bits per heavy atom. The minimum atomic E-state index is -0.619. The molecule has 2 aliphatic heterocycles. The van der Waals surface area contributed by atoms with E-state index >= 15 is 0 Å². The number of hydrogen-bond acceptors (Lipinski definition) is 4. The number of benzene rings is 3. The third-order valence-corrected chi connectivity index (χ3v) is 6.02. The predicted molar refractivity (Wildman–Crippen MR) is 118 cm³/mol. The maximum Gasteiger partial charge on any atom is 0.266 e. The molecule has 5 nitrogen and oxygen atoms in total. The lowest BCUT2D eigenvalue weighted by Gasteiger charge is -2.47. The van der Waals surface area contributed by atoms with Crippen LogP contribution in [0.3, 0.4) is 0 Å². The lowest BCUT2D eigenvalue weighted by molar-refractivity contribution is -0.164. The summed E-state index contributed by atoms with van der Waals surface area (Å²) in [6, 6.07) is 20.2. The summed E-state index contributed by atoms with van der Waals surface area (Å²) in [4.78, 5) is 14.9. The van der Waals surface area contributed by atoms with E-state index in [1.165, 1.54) is 0 Å². The Morgan fingerprint density at radius 1 is 0.903 bits per heavy atom. The van der Waals surface area contributed by atoms with Crippen LogP contribution in [0.1, 0.15) is 17.2 Å². The summed E-state index contributed by atoms with van der Waals surface area (Å²) in [5.41, 5.74) is 2.06. The monoisotopic (exact) mass is 455 g/mol. The molecule has 0 N–H and O–H groups in total. The van der Waals surface area contributed by atoms with Crippen molar-refractivity contribution in [2.24, 2.45) is 0 Å². The maximum atomic E-state index is 13.0. The zero-order valence-corrected chi connectivity index (χ0v) is 18.0. The zero-order valence-electron chi connectivity index (χ0n) is 16.5. The van der Waals surface area contributed by atoms with E-state index in [-0.39, 0.29) is 18.7 Å². The number of halogens is 2. The molecule has 0 spiro atoms. The molecule has 0 radical (unpaired) electrons. The van der Waals surface area contributed by atoms with E-state index in [9.17, 15) is 4.79 Å². The van der Waals surface area contributed by atoms with Crippen LogP contribution in [0, 0.1) is 0 Å². The second-order valence-electron chi connectivity index (χ2n) is 7.46. The van der Waals surface area contributed by atoms with Crippen LogP contribution in [0.5, 0.6) is 17.2 Å². The molecule has 0 aliphatic carbocycles. The minimum absolute atomic E-state index is 0.0495. The van der Waals surface area contributed by atoms with Gasteiger partial charge < -0.3 is 19.1 Å². The highest BCUT2D eigenvalue weighted by atomic mass is 35.5. The van der Waals surface area contributed by atoms with E-state index < -0.39 is 6.10 Å². The first-order valence-corrected chi connectivity index (χ1v) is 10.7. The normalized spacial score (nSPS) is 19.3. The molecule has 2 heterocycles. The summed E-state index contributed by atoms with van der Waals surface area (Å²) in [5, 5.41) is 1.31. The summed E-state index contributed by atoms with van der Waals surface area (Å²) < 4.78 is 17.0. The van der Waals surface area contributed by atoms with Crippen LogP contribution in [-0.4, -0.2) is 30.2 Å². The fraction of sp³-hybridized carbons (Fsp3) is 0.208.